The average molecular weight is 240 g/mol. The van der Waals surface area contributed by atoms with Crippen LogP contribution in [0.2, 0.25) is 0 Å². The van der Waals surface area contributed by atoms with Gasteiger partial charge in [0.1, 0.15) is 5.72 Å². The molecule has 0 aromatic rings. The maximum absolute atomic E-state index is 6.27. The van der Waals surface area contributed by atoms with Crippen LogP contribution < -0.4 is 5.32 Å². The molecule has 2 unspecified atom stereocenters. The van der Waals surface area contributed by atoms with Crippen molar-refractivity contribution in [1.29, 1.82) is 0 Å². The van der Waals surface area contributed by atoms with E-state index in [1.54, 1.807) is 0 Å². The van der Waals surface area contributed by atoms with Crippen LogP contribution in [0.4, 0.5) is 0 Å². The van der Waals surface area contributed by atoms with Gasteiger partial charge >= 0.3 is 0 Å². The summed E-state index contributed by atoms with van der Waals surface area (Å²) in [6.45, 7) is 14.5. The Morgan fingerprint density at radius 3 is 2.53 bits per heavy atom. The molecule has 0 bridgehead atoms. The van der Waals surface area contributed by atoms with Gasteiger partial charge in [-0.2, -0.15) is 0 Å². The molecule has 17 heavy (non-hydrogen) atoms. The van der Waals surface area contributed by atoms with Crippen molar-refractivity contribution < 1.29 is 4.74 Å². The highest BCUT2D eigenvalue weighted by Gasteiger charge is 2.46. The fourth-order valence-electron chi connectivity index (χ4n) is 3.19. The molecule has 2 aliphatic heterocycles. The molecule has 100 valence electrons. The maximum Gasteiger partial charge on any atom is 0.121 e. The zero-order valence-electron chi connectivity index (χ0n) is 12.0. The van der Waals surface area contributed by atoms with Gasteiger partial charge in [0, 0.05) is 25.0 Å². The summed E-state index contributed by atoms with van der Waals surface area (Å²) in [5.41, 5.74) is -0.147. The van der Waals surface area contributed by atoms with Gasteiger partial charge in [-0.25, -0.2) is 0 Å². The summed E-state index contributed by atoms with van der Waals surface area (Å²) in [4.78, 5) is 2.58. The molecule has 3 nitrogen and oxygen atoms in total. The summed E-state index contributed by atoms with van der Waals surface area (Å²) in [5.74, 6) is 0.612. The highest BCUT2D eigenvalue weighted by molar-refractivity contribution is 4.96. The van der Waals surface area contributed by atoms with Crippen molar-refractivity contribution in [2.45, 2.75) is 64.8 Å². The summed E-state index contributed by atoms with van der Waals surface area (Å²) in [5, 5.41) is 3.60. The van der Waals surface area contributed by atoms with Crippen molar-refractivity contribution in [2.75, 3.05) is 19.6 Å². The van der Waals surface area contributed by atoms with E-state index in [1.807, 2.05) is 0 Å². The molecule has 2 fully saturated rings. The lowest BCUT2D eigenvalue weighted by Gasteiger charge is -2.43. The topological polar surface area (TPSA) is 24.5 Å². The van der Waals surface area contributed by atoms with E-state index < -0.39 is 0 Å². The Morgan fingerprint density at radius 1 is 1.29 bits per heavy atom. The average Bonchev–Trinajstić information content (AvgIpc) is 2.55. The molecule has 3 heteroatoms. The summed E-state index contributed by atoms with van der Waals surface area (Å²) in [7, 11) is 0. The minimum atomic E-state index is -0.128. The van der Waals surface area contributed by atoms with Crippen LogP contribution >= 0.6 is 0 Å². The Bertz CT molecular complexity index is 277. The third-order valence-corrected chi connectivity index (χ3v) is 4.32. The molecular formula is C14H28N2O. The monoisotopic (exact) mass is 240 g/mol. The smallest absolute Gasteiger partial charge is 0.121 e. The van der Waals surface area contributed by atoms with Crippen LogP contribution in [-0.2, 0) is 4.74 Å². The Balaban J connectivity index is 2.02. The Morgan fingerprint density at radius 2 is 2.00 bits per heavy atom. The minimum Gasteiger partial charge on any atom is -0.353 e. The van der Waals surface area contributed by atoms with Gasteiger partial charge in [0.05, 0.1) is 5.60 Å². The number of rotatable bonds is 2. The minimum absolute atomic E-state index is 0.0190. The van der Waals surface area contributed by atoms with Gasteiger partial charge < -0.3 is 9.64 Å². The van der Waals surface area contributed by atoms with Gasteiger partial charge in [0.2, 0.25) is 0 Å². The predicted molar refractivity (Wildman–Crippen MR) is 71.0 cm³/mol. The highest BCUT2D eigenvalue weighted by atomic mass is 16.5. The molecule has 0 aromatic heterocycles. The SMILES string of the molecule is CC(C)N1CCCC(C2(C)NCC(C)(C)O2)C1. The third-order valence-electron chi connectivity index (χ3n) is 4.32. The quantitative estimate of drug-likeness (QED) is 0.801. The van der Waals surface area contributed by atoms with Gasteiger partial charge in [-0.1, -0.05) is 0 Å². The van der Waals surface area contributed by atoms with Crippen molar-refractivity contribution in [1.82, 2.24) is 10.2 Å². The molecule has 0 aliphatic carbocycles. The van der Waals surface area contributed by atoms with E-state index in [-0.39, 0.29) is 11.3 Å². The third kappa shape index (κ3) is 2.83. The predicted octanol–water partition coefficient (Wildman–Crippen LogP) is 2.22. The molecule has 0 radical (unpaired) electrons. The normalized spacial score (nSPS) is 38.8. The Labute approximate surface area is 106 Å². The number of nitrogens with one attached hydrogen (secondary N) is 1. The number of piperidine rings is 1. The van der Waals surface area contributed by atoms with Crippen molar-refractivity contribution >= 4 is 0 Å². The van der Waals surface area contributed by atoms with Crippen molar-refractivity contribution in [3.63, 3.8) is 0 Å². The molecular weight excluding hydrogens is 212 g/mol. The summed E-state index contributed by atoms with van der Waals surface area (Å²) >= 11 is 0. The van der Waals surface area contributed by atoms with Crippen molar-refractivity contribution in [3.05, 3.63) is 0 Å². The van der Waals surface area contributed by atoms with E-state index in [4.69, 9.17) is 4.74 Å². The molecule has 2 heterocycles. The fourth-order valence-corrected chi connectivity index (χ4v) is 3.19. The van der Waals surface area contributed by atoms with E-state index in [1.165, 1.54) is 19.4 Å². The molecule has 0 saturated carbocycles. The molecule has 0 amide bonds. The van der Waals surface area contributed by atoms with Crippen molar-refractivity contribution in [3.8, 4) is 0 Å². The number of likely N-dealkylation sites (tertiary alicyclic amines) is 1. The van der Waals surface area contributed by atoms with Gasteiger partial charge in [0.25, 0.3) is 0 Å². The Kier molecular flexibility index (Phi) is 3.54. The van der Waals surface area contributed by atoms with E-state index in [0.717, 1.165) is 13.1 Å². The second-order valence-corrected chi connectivity index (χ2v) is 6.75. The van der Waals surface area contributed by atoms with Gasteiger partial charge in [-0.3, -0.25) is 5.32 Å². The van der Waals surface area contributed by atoms with Crippen LogP contribution in [0.1, 0.15) is 47.5 Å². The maximum atomic E-state index is 6.27. The lowest BCUT2D eigenvalue weighted by Crippen LogP contribution is -2.53. The van der Waals surface area contributed by atoms with Crippen LogP contribution in [-0.4, -0.2) is 41.9 Å². The van der Waals surface area contributed by atoms with E-state index in [0.29, 0.717) is 12.0 Å². The molecule has 2 aliphatic rings. The van der Waals surface area contributed by atoms with Crippen LogP contribution in [0.25, 0.3) is 0 Å². The van der Waals surface area contributed by atoms with Crippen LogP contribution in [0.15, 0.2) is 0 Å². The number of ether oxygens (including phenoxy) is 1. The number of hydrogen-bond donors (Lipinski definition) is 1. The summed E-state index contributed by atoms with van der Waals surface area (Å²) in [6, 6.07) is 0.649. The zero-order chi connectivity index (χ0) is 12.7. The second kappa shape index (κ2) is 4.52. The standard InChI is InChI=1S/C14H28N2O/c1-11(2)16-8-6-7-12(9-16)14(5)15-10-13(3,4)17-14/h11-12,15H,6-10H2,1-5H3. The second-order valence-electron chi connectivity index (χ2n) is 6.75. The van der Waals surface area contributed by atoms with Gasteiger partial charge in [-0.05, 0) is 54.0 Å². The fraction of sp³-hybridized carbons (Fsp3) is 1.00. The highest BCUT2D eigenvalue weighted by Crippen LogP contribution is 2.36. The molecule has 2 rings (SSSR count). The number of hydrogen-bond acceptors (Lipinski definition) is 3. The van der Waals surface area contributed by atoms with Crippen molar-refractivity contribution in [2.24, 2.45) is 5.92 Å². The summed E-state index contributed by atoms with van der Waals surface area (Å²) < 4.78 is 6.27. The zero-order valence-corrected chi connectivity index (χ0v) is 12.0. The first-order chi connectivity index (χ1) is 7.82. The molecule has 2 atom stereocenters. The molecule has 2 saturated heterocycles. The lowest BCUT2D eigenvalue weighted by molar-refractivity contribution is -0.126. The lowest BCUT2D eigenvalue weighted by atomic mass is 9.88. The van der Waals surface area contributed by atoms with E-state index in [2.05, 4.69) is 44.8 Å². The first-order valence-corrected chi connectivity index (χ1v) is 7.02. The van der Waals surface area contributed by atoms with Gasteiger partial charge in [0.15, 0.2) is 0 Å². The van der Waals surface area contributed by atoms with Crippen LogP contribution in [0.3, 0.4) is 0 Å². The number of nitrogens with zero attached hydrogens (tertiary/aromatic N) is 1. The molecule has 0 spiro atoms. The van der Waals surface area contributed by atoms with E-state index >= 15 is 0 Å². The van der Waals surface area contributed by atoms with Crippen LogP contribution in [0, 0.1) is 5.92 Å². The largest absolute Gasteiger partial charge is 0.353 e. The summed E-state index contributed by atoms with van der Waals surface area (Å²) in [6.07, 6.45) is 2.58. The van der Waals surface area contributed by atoms with E-state index in [9.17, 15) is 0 Å². The Hall–Kier alpha value is -0.120. The first kappa shape index (κ1) is 13.3. The van der Waals surface area contributed by atoms with Gasteiger partial charge in [-0.15, -0.1) is 0 Å². The van der Waals surface area contributed by atoms with Crippen LogP contribution in [0.5, 0.6) is 0 Å². The first-order valence-electron chi connectivity index (χ1n) is 7.02. The molecule has 0 aromatic carbocycles. The molecule has 1 N–H and O–H groups in total.